The Morgan fingerprint density at radius 1 is 0.906 bits per heavy atom. The summed E-state index contributed by atoms with van der Waals surface area (Å²) in [6, 6.07) is 15.6. The second-order valence-corrected chi connectivity index (χ2v) is 28.5. The van der Waals surface area contributed by atoms with E-state index in [-0.39, 0.29) is 68.8 Å². The van der Waals surface area contributed by atoms with Crippen molar-refractivity contribution in [3.63, 3.8) is 0 Å². The van der Waals surface area contributed by atoms with Crippen molar-refractivity contribution in [1.82, 2.24) is 55.8 Å². The lowest BCUT2D eigenvalue weighted by Crippen LogP contribution is -2.59. The summed E-state index contributed by atoms with van der Waals surface area (Å²) in [7, 11) is 0. The number of aromatic carboxylic acids is 1. The van der Waals surface area contributed by atoms with Crippen LogP contribution in [0.4, 0.5) is 30.7 Å². The minimum atomic E-state index is -2.01. The number of aliphatic hydroxyl groups excluding tert-OH is 1. The Morgan fingerprint density at radius 2 is 1.71 bits per heavy atom. The summed E-state index contributed by atoms with van der Waals surface area (Å²) in [5.74, 6) is 3.75. The molecule has 23 nitrogen and oxygen atoms in total. The van der Waals surface area contributed by atoms with Crippen molar-refractivity contribution < 1.29 is 57.2 Å². The van der Waals surface area contributed by atoms with Gasteiger partial charge in [-0.3, -0.25) is 28.9 Å². The number of unbranched alkanes of at least 4 members (excludes halogenated alkanes) is 1. The lowest BCUT2D eigenvalue weighted by Gasteiger charge is -2.35. The number of aryl methyl sites for hydroxylation is 2. The number of piperazine rings is 1. The van der Waals surface area contributed by atoms with E-state index in [0.29, 0.717) is 116 Å². The Balaban J connectivity index is 0.584. The largest absolute Gasteiger partial charge is 0.491 e. The molecule has 3 fully saturated rings. The maximum Gasteiger partial charge on any atom is 0.355 e. The van der Waals surface area contributed by atoms with E-state index in [2.05, 4.69) is 63.2 Å². The molecule has 7 aromatic rings. The number of hydrogen-bond donors (Lipinski definition) is 6. The average Bonchev–Trinajstić information content (AvgIpc) is 1.28. The van der Waals surface area contributed by atoms with Crippen molar-refractivity contribution in [1.29, 1.82) is 0 Å². The molecule has 1 unspecified atom stereocenters. The maximum atomic E-state index is 15.3. The van der Waals surface area contributed by atoms with Gasteiger partial charge in [-0.25, -0.2) is 28.5 Å². The molecule has 5 amide bonds. The molecule has 4 aliphatic rings. The van der Waals surface area contributed by atoms with Crippen LogP contribution in [0.5, 0.6) is 11.5 Å². The van der Waals surface area contributed by atoms with Crippen molar-refractivity contribution in [2.24, 2.45) is 5.41 Å². The molecule has 0 radical (unpaired) electrons. The van der Waals surface area contributed by atoms with E-state index in [4.69, 9.17) is 9.47 Å². The maximum absolute atomic E-state index is 15.3. The lowest BCUT2D eigenvalue weighted by molar-refractivity contribution is -0.145. The molecule has 2 saturated heterocycles. The number of alkyl halides is 1. The SMILES string of the molecule is Cc1ncsc1-c1ccc(CNC(=O)C2C[C@@H](O)CN2C(=O)[C@@H](NC(=O)C2(F)CC2)C(C)(C)C)c(OCC(=O)NCCCCC(=O)N2CCN(CC#Cc3ccc(OCCCc4sc(N5CCCc6c5nnc(Nc5nc7ccccc7s5)c6C)nc4C(=O)O)c(F)c3)CC2)c1. The van der Waals surface area contributed by atoms with Gasteiger partial charge < -0.3 is 55.7 Å². The van der Waals surface area contributed by atoms with Gasteiger partial charge in [0, 0.05) is 92.3 Å². The first-order valence-electron chi connectivity index (χ1n) is 32.2. The number of rotatable bonds is 25. The van der Waals surface area contributed by atoms with Gasteiger partial charge in [-0.05, 0) is 113 Å². The molecule has 1 saturated carbocycles. The van der Waals surface area contributed by atoms with Gasteiger partial charge in [0.2, 0.25) is 17.7 Å². The van der Waals surface area contributed by atoms with Gasteiger partial charge in [0.05, 0.1) is 45.6 Å². The zero-order valence-electron chi connectivity index (χ0n) is 54.1. The van der Waals surface area contributed by atoms with Crippen molar-refractivity contribution in [2.75, 3.05) is 75.8 Å². The highest BCUT2D eigenvalue weighted by atomic mass is 32.1. The molecular formula is C68H77F2N13O10S3. The average molecular weight is 1370 g/mol. The molecule has 4 aromatic heterocycles. The third-order valence-electron chi connectivity index (χ3n) is 17.4. The van der Waals surface area contributed by atoms with Crippen molar-refractivity contribution >= 4 is 102 Å². The molecule has 28 heteroatoms. The summed E-state index contributed by atoms with van der Waals surface area (Å²) in [4.78, 5) is 102. The first-order chi connectivity index (χ1) is 46.1. The standard InChI is InChI=1S/C68H77F2N13O10S3/c1-40-46-14-11-27-82(60(46)79-78-59(40)77-65-74-48-15-6-7-16-52(48)95-65)66-75-56(63(89)90)53(96-66)17-12-32-92-50-22-19-42(33-47(50)69)13-10-26-80-28-30-81(31-29-80)55(86)18-8-9-25-71-54(85)38-93-51-34-43(57-41(2)73-39-94-57)20-21-44(51)36-72-61(87)49-35-45(84)37-83(49)62(88)58(67(3,4)5)76-64(91)68(70)23-24-68/h6-7,15-16,19-22,33-34,39,45,49,58,84H,8-9,11-12,14,17-18,23-32,35-38H2,1-5H3,(H,71,85)(H,72,87)(H,76,91)(H,89,90)(H,74,77,78)/t45-,49?,58-/m1/s1. The predicted molar refractivity (Wildman–Crippen MR) is 361 cm³/mol. The molecular weight excluding hydrogens is 1290 g/mol. The number of carbonyl (C=O) groups is 6. The molecule has 11 rings (SSSR count). The first kappa shape index (κ1) is 68.6. The fourth-order valence-corrected chi connectivity index (χ4v) is 14.6. The summed E-state index contributed by atoms with van der Waals surface area (Å²) in [5, 5.41) is 42.8. The number of halogens is 2. The number of benzene rings is 3. The number of fused-ring (bicyclic) bond motifs is 2. The van der Waals surface area contributed by atoms with E-state index in [1.165, 1.54) is 51.0 Å². The van der Waals surface area contributed by atoms with Gasteiger partial charge in [0.15, 0.2) is 51.4 Å². The number of hydrogen-bond acceptors (Lipinski definition) is 20. The van der Waals surface area contributed by atoms with Gasteiger partial charge in [0.25, 0.3) is 11.8 Å². The molecule has 0 spiro atoms. The van der Waals surface area contributed by atoms with Crippen molar-refractivity contribution in [3.8, 4) is 33.8 Å². The Bertz CT molecular complexity index is 4080. The smallest absolute Gasteiger partial charge is 0.355 e. The number of aromatic nitrogens is 5. The van der Waals surface area contributed by atoms with E-state index in [1.54, 1.807) is 44.5 Å². The van der Waals surface area contributed by atoms with E-state index in [0.717, 1.165) is 55.5 Å². The number of thiazole rings is 3. The number of ether oxygens (including phenoxy) is 2. The molecule has 7 heterocycles. The quantitative estimate of drug-likeness (QED) is 0.0231. The van der Waals surface area contributed by atoms with Crippen LogP contribution in [-0.4, -0.2) is 175 Å². The zero-order chi connectivity index (χ0) is 67.8. The van der Waals surface area contributed by atoms with Gasteiger partial charge >= 0.3 is 5.97 Å². The van der Waals surface area contributed by atoms with Crippen molar-refractivity contribution in [2.45, 2.75) is 129 Å². The number of nitrogens with zero attached hydrogens (tertiary/aromatic N) is 9. The van der Waals surface area contributed by atoms with Gasteiger partial charge in [-0.1, -0.05) is 68.2 Å². The summed E-state index contributed by atoms with van der Waals surface area (Å²) < 4.78 is 43.0. The van der Waals surface area contributed by atoms with Crippen LogP contribution >= 0.6 is 34.0 Å². The molecule has 3 atom stereocenters. The van der Waals surface area contributed by atoms with Crippen LogP contribution in [0.3, 0.4) is 0 Å². The Hall–Kier alpha value is -8.75. The summed E-state index contributed by atoms with van der Waals surface area (Å²) >= 11 is 4.27. The third-order valence-corrected chi connectivity index (χ3v) is 20.5. The number of para-hydroxylation sites is 1. The number of amides is 5. The van der Waals surface area contributed by atoms with Crippen LogP contribution in [0, 0.1) is 36.9 Å². The number of carboxylic acids is 1. The number of anilines is 4. The molecule has 96 heavy (non-hydrogen) atoms. The minimum absolute atomic E-state index is 0.0212. The predicted octanol–water partition coefficient (Wildman–Crippen LogP) is 8.43. The van der Waals surface area contributed by atoms with Gasteiger partial charge in [0.1, 0.15) is 17.8 Å². The normalized spacial score (nSPS) is 17.1. The summed E-state index contributed by atoms with van der Waals surface area (Å²) in [6.07, 6.45) is 2.89. The number of nitrogens with one attached hydrogen (secondary N) is 4. The van der Waals surface area contributed by atoms with Gasteiger partial charge in [-0.15, -0.1) is 32.9 Å². The highest BCUT2D eigenvalue weighted by Crippen LogP contribution is 2.42. The van der Waals surface area contributed by atoms with Crippen LogP contribution in [0.15, 0.2) is 66.2 Å². The third kappa shape index (κ3) is 16.5. The first-order valence-corrected chi connectivity index (χ1v) is 34.7. The van der Waals surface area contributed by atoms with Crippen LogP contribution in [0.1, 0.15) is 115 Å². The topological polar surface area (TPSA) is 287 Å². The van der Waals surface area contributed by atoms with E-state index >= 15 is 4.39 Å². The summed E-state index contributed by atoms with van der Waals surface area (Å²) in [5.41, 5.74) is 4.32. The van der Waals surface area contributed by atoms with Crippen LogP contribution in [-0.2, 0) is 43.4 Å². The van der Waals surface area contributed by atoms with Crippen molar-refractivity contribution in [3.05, 3.63) is 111 Å². The van der Waals surface area contributed by atoms with E-state index < -0.39 is 58.8 Å². The number of carbonyl (C=O) groups excluding carboxylic acids is 5. The highest BCUT2D eigenvalue weighted by molar-refractivity contribution is 7.22. The molecule has 3 aromatic carbocycles. The Labute approximate surface area is 566 Å². The Kier molecular flexibility index (Phi) is 21.5. The second kappa shape index (κ2) is 30.1. The molecule has 6 N–H and O–H groups in total. The Morgan fingerprint density at radius 3 is 2.45 bits per heavy atom. The number of β-amino-alcohol motifs (C(OH)–C–C–N with tert-alkyl or cyclic N) is 1. The zero-order valence-corrected chi connectivity index (χ0v) is 56.5. The molecule has 506 valence electrons. The fourth-order valence-electron chi connectivity index (χ4n) is 11.8. The minimum Gasteiger partial charge on any atom is -0.491 e. The number of likely N-dealkylation sites (tertiary alicyclic amines) is 1. The molecule has 0 bridgehead atoms. The lowest BCUT2D eigenvalue weighted by atomic mass is 9.85. The van der Waals surface area contributed by atoms with E-state index in [1.807, 2.05) is 54.0 Å². The highest BCUT2D eigenvalue weighted by Gasteiger charge is 2.53. The number of carboxylic acid groups (broad SMARTS) is 1. The van der Waals surface area contributed by atoms with Crippen LogP contribution < -0.4 is 35.6 Å². The fraction of sp³-hybridized carbons (Fsp3) is 0.456. The van der Waals surface area contributed by atoms with Gasteiger partial charge in [-0.2, -0.15) is 0 Å². The summed E-state index contributed by atoms with van der Waals surface area (Å²) in [6.45, 7) is 12.3. The van der Waals surface area contributed by atoms with Crippen LogP contribution in [0.25, 0.3) is 20.7 Å². The monoisotopic (exact) mass is 1370 g/mol. The number of aliphatic hydroxyl groups is 1. The molecule has 3 aliphatic heterocycles. The van der Waals surface area contributed by atoms with Crippen LogP contribution in [0.2, 0.25) is 0 Å². The molecule has 1 aliphatic carbocycles. The van der Waals surface area contributed by atoms with E-state index in [9.17, 15) is 43.4 Å². The second-order valence-electron chi connectivity index (χ2n) is 25.5.